The first kappa shape index (κ1) is 15.5. The largest absolute Gasteiger partial charge is 0.381 e. The van der Waals surface area contributed by atoms with E-state index in [1.807, 2.05) is 30.3 Å². The molecule has 0 aromatic heterocycles. The molecule has 2 fully saturated rings. The van der Waals surface area contributed by atoms with E-state index < -0.39 is 15.1 Å². The Morgan fingerprint density at radius 1 is 1.14 bits per heavy atom. The number of ether oxygens (including phenoxy) is 1. The Labute approximate surface area is 131 Å². The zero-order valence-electron chi connectivity index (χ0n) is 12.5. The van der Waals surface area contributed by atoms with Crippen LogP contribution in [0.25, 0.3) is 0 Å². The van der Waals surface area contributed by atoms with Gasteiger partial charge in [-0.1, -0.05) is 30.3 Å². The van der Waals surface area contributed by atoms with Gasteiger partial charge in [0.1, 0.15) is 0 Å². The summed E-state index contributed by atoms with van der Waals surface area (Å²) in [6.07, 6.45) is 1.20. The summed E-state index contributed by atoms with van der Waals surface area (Å²) in [6, 6.07) is 9.29. The van der Waals surface area contributed by atoms with Crippen LogP contribution in [0.15, 0.2) is 30.3 Å². The first-order valence-electron chi connectivity index (χ1n) is 7.71. The van der Waals surface area contributed by atoms with Gasteiger partial charge in [-0.15, -0.1) is 0 Å². The van der Waals surface area contributed by atoms with Crippen molar-refractivity contribution in [3.05, 3.63) is 35.9 Å². The number of rotatable bonds is 2. The van der Waals surface area contributed by atoms with Gasteiger partial charge in [-0.25, -0.2) is 8.42 Å². The molecule has 1 aromatic carbocycles. The predicted molar refractivity (Wildman–Crippen MR) is 83.1 cm³/mol. The van der Waals surface area contributed by atoms with Crippen LogP contribution >= 0.6 is 0 Å². The van der Waals surface area contributed by atoms with Crippen LogP contribution in [0.1, 0.15) is 23.7 Å². The fourth-order valence-electron chi connectivity index (χ4n) is 3.19. The van der Waals surface area contributed by atoms with E-state index in [9.17, 15) is 13.2 Å². The van der Waals surface area contributed by atoms with Gasteiger partial charge in [-0.3, -0.25) is 4.79 Å². The molecule has 3 rings (SSSR count). The average molecular weight is 323 g/mol. The van der Waals surface area contributed by atoms with Crippen molar-refractivity contribution >= 4 is 15.7 Å². The lowest BCUT2D eigenvalue weighted by molar-refractivity contribution is -0.135. The predicted octanol–water partition coefficient (Wildman–Crippen LogP) is 1.41. The maximum absolute atomic E-state index is 12.5. The summed E-state index contributed by atoms with van der Waals surface area (Å²) < 4.78 is 30.3. The molecule has 0 bridgehead atoms. The highest BCUT2D eigenvalue weighted by Gasteiger charge is 2.35. The van der Waals surface area contributed by atoms with Crippen LogP contribution in [0.2, 0.25) is 0 Å². The Morgan fingerprint density at radius 3 is 2.59 bits per heavy atom. The molecule has 2 aliphatic heterocycles. The van der Waals surface area contributed by atoms with E-state index >= 15 is 0 Å². The maximum Gasteiger partial charge on any atom is 0.228 e. The van der Waals surface area contributed by atoms with Crippen molar-refractivity contribution in [2.24, 2.45) is 5.92 Å². The molecule has 0 N–H and O–H groups in total. The molecule has 2 atom stereocenters. The summed E-state index contributed by atoms with van der Waals surface area (Å²) in [5.41, 5.74) is 0.820. The van der Waals surface area contributed by atoms with Crippen LogP contribution in [0.4, 0.5) is 0 Å². The number of carbonyl (C=O) groups is 1. The fraction of sp³-hybridized carbons (Fsp3) is 0.562. The van der Waals surface area contributed by atoms with Crippen LogP contribution in [0.5, 0.6) is 0 Å². The lowest BCUT2D eigenvalue weighted by Crippen LogP contribution is -2.38. The summed E-state index contributed by atoms with van der Waals surface area (Å²) in [5, 5.41) is -0.508. The van der Waals surface area contributed by atoms with E-state index in [2.05, 4.69) is 0 Å². The standard InChI is InChI=1S/C16H21NO4S/c18-16(14-7-10-21-12-14)17-8-6-15(22(19,20)11-9-17)13-4-2-1-3-5-13/h1-5,14-15H,6-12H2/t14-,15+/m0/s1. The molecule has 2 aliphatic rings. The van der Waals surface area contributed by atoms with Gasteiger partial charge >= 0.3 is 0 Å². The molecule has 1 aromatic rings. The van der Waals surface area contributed by atoms with Crippen LogP contribution in [0, 0.1) is 5.92 Å². The summed E-state index contributed by atoms with van der Waals surface area (Å²) in [5.74, 6) is -0.0244. The molecule has 0 unspecified atom stereocenters. The van der Waals surface area contributed by atoms with Crippen molar-refractivity contribution in [3.8, 4) is 0 Å². The van der Waals surface area contributed by atoms with Crippen LogP contribution in [-0.4, -0.2) is 51.3 Å². The second-order valence-corrected chi connectivity index (χ2v) is 8.24. The third kappa shape index (κ3) is 3.17. The van der Waals surface area contributed by atoms with E-state index in [0.717, 1.165) is 12.0 Å². The number of hydrogen-bond acceptors (Lipinski definition) is 4. The SMILES string of the molecule is O=C([C@H]1CCOC1)N1CC[C@H](c2ccccc2)S(=O)(=O)CC1. The fourth-order valence-corrected chi connectivity index (χ4v) is 4.99. The Hall–Kier alpha value is -1.40. The summed E-state index contributed by atoms with van der Waals surface area (Å²) in [4.78, 5) is 14.2. The topological polar surface area (TPSA) is 63.7 Å². The van der Waals surface area contributed by atoms with E-state index in [1.54, 1.807) is 4.90 Å². The third-order valence-electron chi connectivity index (χ3n) is 4.50. The zero-order valence-corrected chi connectivity index (χ0v) is 13.3. The van der Waals surface area contributed by atoms with Crippen LogP contribution in [-0.2, 0) is 19.4 Å². The molecule has 0 saturated carbocycles. The van der Waals surface area contributed by atoms with E-state index in [4.69, 9.17) is 4.74 Å². The summed E-state index contributed by atoms with van der Waals surface area (Å²) in [6.45, 7) is 1.87. The number of benzene rings is 1. The minimum absolute atomic E-state index is 0.0336. The van der Waals surface area contributed by atoms with Gasteiger partial charge in [0, 0.05) is 19.7 Å². The summed E-state index contributed by atoms with van der Waals surface area (Å²) >= 11 is 0. The molecular weight excluding hydrogens is 302 g/mol. The highest BCUT2D eigenvalue weighted by molar-refractivity contribution is 7.91. The van der Waals surface area contributed by atoms with Gasteiger partial charge in [0.15, 0.2) is 9.84 Å². The summed E-state index contributed by atoms with van der Waals surface area (Å²) in [7, 11) is -3.23. The minimum Gasteiger partial charge on any atom is -0.381 e. The van der Waals surface area contributed by atoms with Gasteiger partial charge in [0.2, 0.25) is 5.91 Å². The van der Waals surface area contributed by atoms with Gasteiger partial charge < -0.3 is 9.64 Å². The van der Waals surface area contributed by atoms with Gasteiger partial charge in [0.05, 0.1) is 23.5 Å². The molecule has 5 nitrogen and oxygen atoms in total. The number of nitrogens with zero attached hydrogens (tertiary/aromatic N) is 1. The van der Waals surface area contributed by atoms with E-state index in [-0.39, 0.29) is 17.6 Å². The number of hydrogen-bond donors (Lipinski definition) is 0. The molecule has 2 saturated heterocycles. The smallest absolute Gasteiger partial charge is 0.228 e. The third-order valence-corrected chi connectivity index (χ3v) is 6.63. The minimum atomic E-state index is -3.23. The van der Waals surface area contributed by atoms with Gasteiger partial charge in [0.25, 0.3) is 0 Å². The molecule has 6 heteroatoms. The van der Waals surface area contributed by atoms with Crippen LogP contribution in [0.3, 0.4) is 0 Å². The number of amides is 1. The van der Waals surface area contributed by atoms with Crippen LogP contribution < -0.4 is 0 Å². The van der Waals surface area contributed by atoms with Crippen molar-refractivity contribution in [2.45, 2.75) is 18.1 Å². The Kier molecular flexibility index (Phi) is 4.49. The number of sulfone groups is 1. The Bertz CT molecular complexity index is 623. The van der Waals surface area contributed by atoms with E-state index in [0.29, 0.717) is 32.7 Å². The lowest BCUT2D eigenvalue weighted by atomic mass is 10.1. The van der Waals surface area contributed by atoms with Crippen molar-refractivity contribution < 1.29 is 17.9 Å². The van der Waals surface area contributed by atoms with Crippen molar-refractivity contribution in [1.29, 1.82) is 0 Å². The number of carbonyl (C=O) groups excluding carboxylic acids is 1. The molecule has 0 radical (unpaired) electrons. The molecule has 0 aliphatic carbocycles. The van der Waals surface area contributed by atoms with Crippen molar-refractivity contribution in [1.82, 2.24) is 4.90 Å². The molecule has 0 spiro atoms. The molecule has 22 heavy (non-hydrogen) atoms. The second kappa shape index (κ2) is 6.38. The Balaban J connectivity index is 1.76. The molecule has 120 valence electrons. The molecule has 1 amide bonds. The quantitative estimate of drug-likeness (QED) is 0.825. The normalized spacial score (nSPS) is 28.3. The highest BCUT2D eigenvalue weighted by Crippen LogP contribution is 2.30. The Morgan fingerprint density at radius 2 is 1.91 bits per heavy atom. The molecule has 2 heterocycles. The van der Waals surface area contributed by atoms with Crippen molar-refractivity contribution in [3.63, 3.8) is 0 Å². The monoisotopic (exact) mass is 323 g/mol. The highest BCUT2D eigenvalue weighted by atomic mass is 32.2. The zero-order chi connectivity index (χ0) is 15.6. The lowest BCUT2D eigenvalue weighted by Gasteiger charge is -2.22. The van der Waals surface area contributed by atoms with Crippen molar-refractivity contribution in [2.75, 3.05) is 32.1 Å². The maximum atomic E-state index is 12.5. The second-order valence-electron chi connectivity index (χ2n) is 5.94. The first-order chi connectivity index (χ1) is 10.6. The molecular formula is C16H21NO4S. The van der Waals surface area contributed by atoms with Gasteiger partial charge in [-0.05, 0) is 18.4 Å². The first-order valence-corrected chi connectivity index (χ1v) is 9.42. The average Bonchev–Trinajstić information content (AvgIpc) is 3.00. The van der Waals surface area contributed by atoms with E-state index in [1.165, 1.54) is 0 Å². The van der Waals surface area contributed by atoms with Gasteiger partial charge in [-0.2, -0.15) is 0 Å².